The molecule has 30 heavy (non-hydrogen) atoms. The van der Waals surface area contributed by atoms with Crippen LogP contribution in [0.15, 0.2) is 11.6 Å². The molecule has 166 valence electrons. The number of aliphatic carboxylic acids is 1. The highest BCUT2D eigenvalue weighted by Gasteiger charge is 2.71. The lowest BCUT2D eigenvalue weighted by atomic mass is 9.36. The fourth-order valence-corrected chi connectivity index (χ4v) is 7.62. The zero-order chi connectivity index (χ0) is 22.4. The van der Waals surface area contributed by atoms with Crippen LogP contribution in [0.2, 0.25) is 0 Å². The topological polar surface area (TPSA) is 121 Å². The summed E-state index contributed by atoms with van der Waals surface area (Å²) < 4.78 is 5.17. The summed E-state index contributed by atoms with van der Waals surface area (Å²) in [5.74, 6) is -2.49. The van der Waals surface area contributed by atoms with Crippen LogP contribution < -0.4 is 0 Å². The number of esters is 1. The largest absolute Gasteiger partial charge is 0.478 e. The number of cyclic esters (lactones) is 1. The molecule has 2 unspecified atom stereocenters. The number of ether oxygens (including phenoxy) is 1. The number of hydrogen-bond acceptors (Lipinski definition) is 6. The monoisotopic (exact) mass is 420 g/mol. The molecule has 0 aromatic rings. The Hall–Kier alpha value is -1.73. The van der Waals surface area contributed by atoms with Gasteiger partial charge in [-0.25, -0.2) is 9.59 Å². The lowest BCUT2D eigenvalue weighted by molar-refractivity contribution is -0.224. The lowest BCUT2D eigenvalue weighted by Gasteiger charge is -2.67. The van der Waals surface area contributed by atoms with Crippen LogP contribution in [0, 0.1) is 33.5 Å². The second-order valence-corrected chi connectivity index (χ2v) is 11.1. The Balaban J connectivity index is 1.89. The number of hydrogen-bond donors (Lipinski definition) is 3. The highest BCUT2D eigenvalue weighted by molar-refractivity contribution is 5.95. The van der Waals surface area contributed by atoms with E-state index in [2.05, 4.69) is 0 Å². The lowest BCUT2D eigenvalue weighted by Crippen LogP contribution is -2.69. The van der Waals surface area contributed by atoms with Crippen molar-refractivity contribution < 1.29 is 34.4 Å². The Morgan fingerprint density at radius 2 is 1.70 bits per heavy atom. The summed E-state index contributed by atoms with van der Waals surface area (Å²) in [6, 6.07) is 0. The third-order valence-electron chi connectivity index (χ3n) is 9.52. The summed E-state index contributed by atoms with van der Waals surface area (Å²) >= 11 is 0. The van der Waals surface area contributed by atoms with Gasteiger partial charge in [-0.3, -0.25) is 4.79 Å². The molecule has 4 aliphatic rings. The Morgan fingerprint density at radius 3 is 2.30 bits per heavy atom. The highest BCUT2D eigenvalue weighted by Crippen LogP contribution is 2.70. The third-order valence-corrected chi connectivity index (χ3v) is 9.52. The number of carbonyl (C=O) groups is 3. The summed E-state index contributed by atoms with van der Waals surface area (Å²) in [7, 11) is 0. The van der Waals surface area contributed by atoms with Crippen molar-refractivity contribution >= 4 is 17.7 Å². The van der Waals surface area contributed by atoms with Crippen LogP contribution in [0.1, 0.15) is 60.3 Å². The first-order valence-electron chi connectivity index (χ1n) is 10.8. The van der Waals surface area contributed by atoms with Crippen LogP contribution in [0.25, 0.3) is 0 Å². The Bertz CT molecular complexity index is 860. The second-order valence-electron chi connectivity index (χ2n) is 11.1. The van der Waals surface area contributed by atoms with Gasteiger partial charge >= 0.3 is 11.9 Å². The minimum atomic E-state index is -1.34. The van der Waals surface area contributed by atoms with Gasteiger partial charge < -0.3 is 20.1 Å². The van der Waals surface area contributed by atoms with Gasteiger partial charge in [-0.05, 0) is 42.6 Å². The van der Waals surface area contributed by atoms with Gasteiger partial charge in [0.05, 0.1) is 17.6 Å². The molecular formula is C23H32O7. The van der Waals surface area contributed by atoms with Crippen molar-refractivity contribution in [2.45, 2.75) is 78.6 Å². The summed E-state index contributed by atoms with van der Waals surface area (Å²) in [6.45, 7) is 9.48. The molecule has 0 saturated heterocycles. The molecule has 7 nitrogen and oxygen atoms in total. The zero-order valence-corrected chi connectivity index (χ0v) is 18.3. The van der Waals surface area contributed by atoms with Gasteiger partial charge in [-0.1, -0.05) is 27.7 Å². The number of ketones is 1. The number of aliphatic hydroxyl groups is 2. The van der Waals surface area contributed by atoms with Crippen molar-refractivity contribution in [1.29, 1.82) is 0 Å². The molecule has 3 saturated carbocycles. The van der Waals surface area contributed by atoms with Crippen molar-refractivity contribution in [3.63, 3.8) is 0 Å². The number of carboxylic acids is 1. The van der Waals surface area contributed by atoms with Crippen molar-refractivity contribution in [3.05, 3.63) is 11.6 Å². The number of rotatable bonds is 1. The van der Waals surface area contributed by atoms with E-state index in [0.29, 0.717) is 18.4 Å². The van der Waals surface area contributed by atoms with Crippen molar-refractivity contribution in [1.82, 2.24) is 0 Å². The van der Waals surface area contributed by atoms with Crippen LogP contribution in [-0.2, 0) is 19.1 Å². The van der Waals surface area contributed by atoms with Gasteiger partial charge in [0.2, 0.25) is 6.10 Å². The highest BCUT2D eigenvalue weighted by atomic mass is 16.6. The van der Waals surface area contributed by atoms with E-state index in [4.69, 9.17) is 4.74 Å². The van der Waals surface area contributed by atoms with Crippen LogP contribution in [0.3, 0.4) is 0 Å². The van der Waals surface area contributed by atoms with Gasteiger partial charge in [0.1, 0.15) is 5.78 Å². The summed E-state index contributed by atoms with van der Waals surface area (Å²) in [5.41, 5.74) is -2.71. The van der Waals surface area contributed by atoms with Gasteiger partial charge in [0.15, 0.2) is 0 Å². The molecule has 8 atom stereocenters. The molecule has 1 aliphatic heterocycles. The summed E-state index contributed by atoms with van der Waals surface area (Å²) in [5, 5.41) is 31.6. The van der Waals surface area contributed by atoms with Gasteiger partial charge in [0, 0.05) is 29.7 Å². The average molecular weight is 421 g/mol. The second kappa shape index (κ2) is 6.16. The van der Waals surface area contributed by atoms with Crippen LogP contribution >= 0.6 is 0 Å². The van der Waals surface area contributed by atoms with Crippen molar-refractivity contribution in [2.24, 2.45) is 33.5 Å². The molecule has 0 spiro atoms. The number of fused-ring (bicyclic) bond motifs is 5. The molecule has 3 aliphatic carbocycles. The normalized spacial score (nSPS) is 49.8. The molecule has 0 aromatic carbocycles. The summed E-state index contributed by atoms with van der Waals surface area (Å²) in [4.78, 5) is 38.0. The molecule has 0 radical (unpaired) electrons. The molecule has 0 amide bonds. The molecular weight excluding hydrogens is 388 g/mol. The van der Waals surface area contributed by atoms with Crippen LogP contribution in [0.5, 0.6) is 0 Å². The van der Waals surface area contributed by atoms with E-state index in [1.54, 1.807) is 6.92 Å². The SMILES string of the molecule is CC1(C)C2CC(=O)[C@@]3(C)C4=CC(=O)O[C@@H](C(=O)O)[C@]4(C)CCC3[C@@]2(C)[C@@H](O)C[C@H]1O. The standard InChI is InChI=1S/C23H32O7/c1-20(2)12-8-15(25)23(5)11(22(12,4)16(26)10-14(20)24)6-7-21(3)13(23)9-17(27)30-18(21)19(28)29/h9,11-12,14,16,18,24,26H,6-8,10H2,1-5H3,(H,28,29)/t11?,12?,14-,16+,18+,21-,22-,23-/m1/s1. The maximum absolute atomic E-state index is 13.7. The predicted octanol–water partition coefficient (Wildman–Crippen LogP) is 2.09. The Labute approximate surface area is 176 Å². The predicted molar refractivity (Wildman–Crippen MR) is 106 cm³/mol. The number of Topliss-reactive ketones (excluding diaryl/α,β-unsaturated/α-hetero) is 1. The van der Waals surface area contributed by atoms with Gasteiger partial charge in [0.25, 0.3) is 0 Å². The first-order chi connectivity index (χ1) is 13.7. The van der Waals surface area contributed by atoms with E-state index >= 15 is 0 Å². The maximum atomic E-state index is 13.7. The molecule has 3 fully saturated rings. The molecule has 0 bridgehead atoms. The van der Waals surface area contributed by atoms with Crippen LogP contribution in [-0.4, -0.2) is 51.4 Å². The minimum Gasteiger partial charge on any atom is -0.478 e. The average Bonchev–Trinajstić information content (AvgIpc) is 2.64. The third kappa shape index (κ3) is 2.36. The van der Waals surface area contributed by atoms with Crippen molar-refractivity contribution in [3.8, 4) is 0 Å². The van der Waals surface area contributed by atoms with Crippen molar-refractivity contribution in [2.75, 3.05) is 0 Å². The quantitative estimate of drug-likeness (QED) is 0.555. The van der Waals surface area contributed by atoms with Gasteiger partial charge in [-0.15, -0.1) is 0 Å². The Morgan fingerprint density at radius 1 is 1.07 bits per heavy atom. The molecule has 0 aromatic heterocycles. The van der Waals surface area contributed by atoms with E-state index in [9.17, 15) is 29.7 Å². The van der Waals surface area contributed by atoms with E-state index in [-0.39, 0.29) is 30.5 Å². The first kappa shape index (κ1) is 21.5. The van der Waals surface area contributed by atoms with E-state index in [1.807, 2.05) is 27.7 Å². The first-order valence-corrected chi connectivity index (χ1v) is 10.8. The molecule has 7 heteroatoms. The van der Waals surface area contributed by atoms with E-state index in [0.717, 1.165) is 0 Å². The zero-order valence-electron chi connectivity index (χ0n) is 18.3. The van der Waals surface area contributed by atoms with E-state index in [1.165, 1.54) is 6.08 Å². The fourth-order valence-electron chi connectivity index (χ4n) is 7.62. The molecule has 1 heterocycles. The smallest absolute Gasteiger partial charge is 0.345 e. The number of aliphatic hydroxyl groups excluding tert-OH is 2. The fraction of sp³-hybridized carbons (Fsp3) is 0.783. The number of carbonyl (C=O) groups excluding carboxylic acids is 2. The minimum absolute atomic E-state index is 0.0552. The molecule has 3 N–H and O–H groups in total. The summed E-state index contributed by atoms with van der Waals surface area (Å²) in [6.07, 6.45) is -0.141. The van der Waals surface area contributed by atoms with E-state index < -0.39 is 51.9 Å². The Kier molecular flexibility index (Phi) is 4.42. The van der Waals surface area contributed by atoms with Crippen LogP contribution in [0.4, 0.5) is 0 Å². The number of carboxylic acid groups (broad SMARTS) is 1. The maximum Gasteiger partial charge on any atom is 0.345 e. The molecule has 4 rings (SSSR count). The van der Waals surface area contributed by atoms with Gasteiger partial charge in [-0.2, -0.15) is 0 Å².